The normalized spacial score (nSPS) is 10.7. The number of hydrazine groups is 1. The SMILES string of the molecule is CC(C)c1ccc(NC(=S)NNc2ccnc3ccc(Cl)cc23)cc1. The molecular formula is C19H19ClN4S. The number of nitrogens with one attached hydrogen (secondary N) is 3. The molecule has 0 bridgehead atoms. The zero-order valence-electron chi connectivity index (χ0n) is 14.0. The number of halogens is 1. The molecule has 0 aliphatic rings. The van der Waals surface area contributed by atoms with Gasteiger partial charge in [-0.25, -0.2) is 0 Å². The summed E-state index contributed by atoms with van der Waals surface area (Å²) in [6, 6.07) is 15.7. The van der Waals surface area contributed by atoms with E-state index in [1.165, 1.54) is 5.56 Å². The standard InChI is InChI=1S/C19H19ClN4S/c1-12(2)13-3-6-15(7-4-13)22-19(25)24-23-18-9-10-21-17-8-5-14(20)11-16(17)18/h3-12H,1-2H3,(H,21,23)(H2,22,24,25). The molecule has 0 saturated heterocycles. The zero-order chi connectivity index (χ0) is 17.8. The first kappa shape index (κ1) is 17.5. The Kier molecular flexibility index (Phi) is 5.36. The molecule has 1 aromatic heterocycles. The Morgan fingerprint density at radius 3 is 2.56 bits per heavy atom. The lowest BCUT2D eigenvalue weighted by Crippen LogP contribution is -2.33. The van der Waals surface area contributed by atoms with Crippen molar-refractivity contribution in [2.45, 2.75) is 19.8 Å². The number of thiocarbonyl (C=S) groups is 1. The van der Waals surface area contributed by atoms with Crippen LogP contribution in [-0.4, -0.2) is 10.1 Å². The van der Waals surface area contributed by atoms with Crippen LogP contribution < -0.4 is 16.2 Å². The molecule has 25 heavy (non-hydrogen) atoms. The second-order valence-corrected chi connectivity index (χ2v) is 6.85. The monoisotopic (exact) mass is 370 g/mol. The highest BCUT2D eigenvalue weighted by Gasteiger charge is 2.04. The zero-order valence-corrected chi connectivity index (χ0v) is 15.6. The van der Waals surface area contributed by atoms with Crippen LogP contribution in [0.1, 0.15) is 25.3 Å². The maximum Gasteiger partial charge on any atom is 0.189 e. The molecule has 0 unspecified atom stereocenters. The van der Waals surface area contributed by atoms with E-state index in [2.05, 4.69) is 47.1 Å². The topological polar surface area (TPSA) is 49.0 Å². The quantitative estimate of drug-likeness (QED) is 0.428. The van der Waals surface area contributed by atoms with Gasteiger partial charge in [-0.15, -0.1) is 0 Å². The van der Waals surface area contributed by atoms with Crippen molar-refractivity contribution < 1.29 is 0 Å². The fraction of sp³-hybridized carbons (Fsp3) is 0.158. The van der Waals surface area contributed by atoms with Gasteiger partial charge in [-0.1, -0.05) is 37.6 Å². The summed E-state index contributed by atoms with van der Waals surface area (Å²) in [7, 11) is 0. The molecule has 3 N–H and O–H groups in total. The van der Waals surface area contributed by atoms with Gasteiger partial charge in [0, 0.05) is 22.3 Å². The van der Waals surface area contributed by atoms with Crippen molar-refractivity contribution in [1.82, 2.24) is 10.4 Å². The Labute approximate surface area is 157 Å². The smallest absolute Gasteiger partial charge is 0.189 e. The number of anilines is 2. The minimum absolute atomic E-state index is 0.476. The Morgan fingerprint density at radius 1 is 1.08 bits per heavy atom. The lowest BCUT2D eigenvalue weighted by atomic mass is 10.0. The van der Waals surface area contributed by atoms with E-state index in [0.29, 0.717) is 16.1 Å². The van der Waals surface area contributed by atoms with Gasteiger partial charge < -0.3 is 5.32 Å². The number of nitrogens with zero attached hydrogens (tertiary/aromatic N) is 1. The molecule has 1 heterocycles. The minimum Gasteiger partial charge on any atom is -0.331 e. The van der Waals surface area contributed by atoms with Crippen molar-refractivity contribution in [1.29, 1.82) is 0 Å². The van der Waals surface area contributed by atoms with Crippen molar-refractivity contribution in [2.24, 2.45) is 0 Å². The molecular weight excluding hydrogens is 352 g/mol. The Balaban J connectivity index is 1.65. The molecule has 128 valence electrons. The first-order valence-electron chi connectivity index (χ1n) is 8.00. The van der Waals surface area contributed by atoms with E-state index in [4.69, 9.17) is 23.8 Å². The predicted molar refractivity (Wildman–Crippen MR) is 110 cm³/mol. The Morgan fingerprint density at radius 2 is 1.84 bits per heavy atom. The van der Waals surface area contributed by atoms with Crippen molar-refractivity contribution in [3.63, 3.8) is 0 Å². The molecule has 0 atom stereocenters. The summed E-state index contributed by atoms with van der Waals surface area (Å²) in [5.74, 6) is 0.507. The number of rotatable bonds is 4. The summed E-state index contributed by atoms with van der Waals surface area (Å²) in [5.41, 5.74) is 10.1. The second-order valence-electron chi connectivity index (χ2n) is 6.00. The minimum atomic E-state index is 0.476. The fourth-order valence-electron chi connectivity index (χ4n) is 2.47. The van der Waals surface area contributed by atoms with Crippen molar-refractivity contribution in [3.8, 4) is 0 Å². The number of fused-ring (bicyclic) bond motifs is 1. The molecule has 0 fully saturated rings. The molecule has 0 aliphatic carbocycles. The van der Waals surface area contributed by atoms with Crippen LogP contribution in [0.25, 0.3) is 10.9 Å². The molecule has 0 saturated carbocycles. The first-order valence-corrected chi connectivity index (χ1v) is 8.79. The fourth-order valence-corrected chi connectivity index (χ4v) is 2.81. The van der Waals surface area contributed by atoms with E-state index in [9.17, 15) is 0 Å². The number of benzene rings is 2. The highest BCUT2D eigenvalue weighted by atomic mass is 35.5. The Bertz CT molecular complexity index is 894. The summed E-state index contributed by atoms with van der Waals surface area (Å²) in [6.07, 6.45) is 1.74. The van der Waals surface area contributed by atoms with Crippen LogP contribution >= 0.6 is 23.8 Å². The van der Waals surface area contributed by atoms with Crippen molar-refractivity contribution in [3.05, 3.63) is 65.3 Å². The molecule has 3 aromatic rings. The van der Waals surface area contributed by atoms with E-state index < -0.39 is 0 Å². The molecule has 2 aromatic carbocycles. The largest absolute Gasteiger partial charge is 0.331 e. The van der Waals surface area contributed by atoms with Gasteiger partial charge in [-0.2, -0.15) is 0 Å². The third-order valence-corrected chi connectivity index (χ3v) is 4.29. The highest BCUT2D eigenvalue weighted by molar-refractivity contribution is 7.80. The maximum absolute atomic E-state index is 6.08. The molecule has 0 spiro atoms. The van der Waals surface area contributed by atoms with Crippen LogP contribution in [0.5, 0.6) is 0 Å². The van der Waals surface area contributed by atoms with Gasteiger partial charge in [0.15, 0.2) is 5.11 Å². The summed E-state index contributed by atoms with van der Waals surface area (Å²) in [4.78, 5) is 4.33. The van der Waals surface area contributed by atoms with Gasteiger partial charge in [-0.05, 0) is 60.1 Å². The number of hydrogen-bond donors (Lipinski definition) is 3. The average Bonchev–Trinajstić information content (AvgIpc) is 2.60. The summed E-state index contributed by atoms with van der Waals surface area (Å²) >= 11 is 11.4. The van der Waals surface area contributed by atoms with Crippen molar-refractivity contribution >= 4 is 51.2 Å². The van der Waals surface area contributed by atoms with Crippen LogP contribution in [0, 0.1) is 0 Å². The number of hydrogen-bond acceptors (Lipinski definition) is 3. The van der Waals surface area contributed by atoms with Gasteiger partial charge in [0.05, 0.1) is 11.2 Å². The third-order valence-electron chi connectivity index (χ3n) is 3.85. The van der Waals surface area contributed by atoms with Crippen LogP contribution in [0.2, 0.25) is 5.02 Å². The predicted octanol–water partition coefficient (Wildman–Crippen LogP) is 5.33. The third kappa shape index (κ3) is 4.38. The molecule has 0 aliphatic heterocycles. The van der Waals surface area contributed by atoms with Crippen LogP contribution in [0.4, 0.5) is 11.4 Å². The molecule has 3 rings (SSSR count). The van der Waals surface area contributed by atoms with E-state index >= 15 is 0 Å². The summed E-state index contributed by atoms with van der Waals surface area (Å²) in [5, 5.41) is 5.21. The summed E-state index contributed by atoms with van der Waals surface area (Å²) < 4.78 is 0. The lowest BCUT2D eigenvalue weighted by molar-refractivity contribution is 0.867. The van der Waals surface area contributed by atoms with Gasteiger partial charge in [-0.3, -0.25) is 15.8 Å². The maximum atomic E-state index is 6.08. The van der Waals surface area contributed by atoms with Gasteiger partial charge in [0.2, 0.25) is 0 Å². The Hall–Kier alpha value is -2.37. The number of pyridine rings is 1. The van der Waals surface area contributed by atoms with Gasteiger partial charge in [0.25, 0.3) is 0 Å². The molecule has 6 heteroatoms. The average molecular weight is 371 g/mol. The molecule has 0 amide bonds. The van der Waals surface area contributed by atoms with Crippen LogP contribution in [0.3, 0.4) is 0 Å². The van der Waals surface area contributed by atoms with Gasteiger partial charge >= 0.3 is 0 Å². The number of aromatic nitrogens is 1. The molecule has 0 radical (unpaired) electrons. The van der Waals surface area contributed by atoms with E-state index in [-0.39, 0.29) is 0 Å². The summed E-state index contributed by atoms with van der Waals surface area (Å²) in [6.45, 7) is 4.34. The van der Waals surface area contributed by atoms with Crippen molar-refractivity contribution in [2.75, 3.05) is 10.7 Å². The van der Waals surface area contributed by atoms with E-state index in [1.807, 2.05) is 36.4 Å². The van der Waals surface area contributed by atoms with E-state index in [0.717, 1.165) is 22.3 Å². The second kappa shape index (κ2) is 7.68. The lowest BCUT2D eigenvalue weighted by Gasteiger charge is -2.14. The van der Waals surface area contributed by atoms with Crippen LogP contribution in [0.15, 0.2) is 54.7 Å². The van der Waals surface area contributed by atoms with E-state index in [1.54, 1.807) is 6.20 Å². The van der Waals surface area contributed by atoms with Crippen LogP contribution in [-0.2, 0) is 0 Å². The first-order chi connectivity index (χ1) is 12.0. The molecule has 4 nitrogen and oxygen atoms in total. The van der Waals surface area contributed by atoms with Gasteiger partial charge in [0.1, 0.15) is 0 Å². The highest BCUT2D eigenvalue weighted by Crippen LogP contribution is 2.24.